The van der Waals surface area contributed by atoms with Gasteiger partial charge >= 0.3 is 5.97 Å². The molecule has 9 heteroatoms. The van der Waals surface area contributed by atoms with E-state index in [4.69, 9.17) is 16.3 Å². The molecule has 0 aliphatic rings. The first-order valence-electron chi connectivity index (χ1n) is 10.6. The maximum Gasteiger partial charge on any atom is 0.355 e. The quantitative estimate of drug-likeness (QED) is 0.160. The minimum absolute atomic E-state index is 0.225. The number of carbonyl (C=O) groups excluding carboxylic acids is 3. The van der Waals surface area contributed by atoms with Gasteiger partial charge in [0.25, 0.3) is 11.8 Å². The molecule has 0 atom stereocenters. The normalized spacial score (nSPS) is 10.9. The molecular formula is C26H20ClN3O4S. The monoisotopic (exact) mass is 505 g/mol. The van der Waals surface area contributed by atoms with E-state index < -0.39 is 11.9 Å². The second kappa shape index (κ2) is 10.9. The third-order valence-corrected chi connectivity index (χ3v) is 6.57. The first-order valence-corrected chi connectivity index (χ1v) is 11.8. The molecule has 4 rings (SSSR count). The number of rotatable bonds is 7. The third-order valence-electron chi connectivity index (χ3n) is 4.92. The Balaban J connectivity index is 1.31. The van der Waals surface area contributed by atoms with E-state index in [1.54, 1.807) is 36.4 Å². The van der Waals surface area contributed by atoms with Gasteiger partial charge in [0.1, 0.15) is 10.6 Å². The number of aryl methyl sites for hydroxylation is 1. The number of hydrogen-bond acceptors (Lipinski definition) is 6. The van der Waals surface area contributed by atoms with Gasteiger partial charge in [-0.25, -0.2) is 10.2 Å². The molecule has 0 spiro atoms. The number of nitrogens with one attached hydrogen (secondary N) is 2. The zero-order valence-corrected chi connectivity index (χ0v) is 20.2. The van der Waals surface area contributed by atoms with E-state index in [1.165, 1.54) is 17.6 Å². The first kappa shape index (κ1) is 24.1. The third kappa shape index (κ3) is 6.11. The standard InChI is InChI=1S/C26H20ClN3O4S/c1-16-9-11-18(12-10-16)25(32)28-15-22(31)30-29-14-17-5-4-6-19(13-17)34-26(33)24-23(27)20-7-2-3-8-21(20)35-24/h2-14H,15H2,1H3,(H,28,32)(H,30,31)/b29-14+. The van der Waals surface area contributed by atoms with Crippen LogP contribution >= 0.6 is 22.9 Å². The SMILES string of the molecule is Cc1ccc(C(=O)NCC(=O)N/N=C/c2cccc(OC(=O)c3sc4ccccc4c3Cl)c2)cc1. The topological polar surface area (TPSA) is 96.9 Å². The van der Waals surface area contributed by atoms with E-state index in [0.717, 1.165) is 15.6 Å². The molecule has 0 saturated carbocycles. The van der Waals surface area contributed by atoms with Crippen LogP contribution in [0, 0.1) is 6.92 Å². The lowest BCUT2D eigenvalue weighted by molar-refractivity contribution is -0.120. The van der Waals surface area contributed by atoms with Gasteiger partial charge in [-0.05, 0) is 42.8 Å². The number of thiophene rings is 1. The van der Waals surface area contributed by atoms with Crippen LogP contribution in [0.5, 0.6) is 5.75 Å². The molecule has 0 bridgehead atoms. The predicted molar refractivity (Wildman–Crippen MR) is 137 cm³/mol. The van der Waals surface area contributed by atoms with Crippen molar-refractivity contribution in [2.24, 2.45) is 5.10 Å². The molecule has 1 aromatic heterocycles. The number of nitrogens with zero attached hydrogens (tertiary/aromatic N) is 1. The molecule has 0 unspecified atom stereocenters. The predicted octanol–water partition coefficient (Wildman–Crippen LogP) is 4.96. The van der Waals surface area contributed by atoms with E-state index >= 15 is 0 Å². The summed E-state index contributed by atoms with van der Waals surface area (Å²) in [5.74, 6) is -1.08. The van der Waals surface area contributed by atoms with Crippen LogP contribution in [0.1, 0.15) is 31.2 Å². The van der Waals surface area contributed by atoms with Crippen molar-refractivity contribution in [3.63, 3.8) is 0 Å². The zero-order valence-electron chi connectivity index (χ0n) is 18.6. The highest BCUT2D eigenvalue weighted by Gasteiger charge is 2.19. The Hall–Kier alpha value is -4.01. The molecule has 0 fully saturated rings. The van der Waals surface area contributed by atoms with Crippen LogP contribution < -0.4 is 15.5 Å². The van der Waals surface area contributed by atoms with Crippen molar-refractivity contribution >= 4 is 57.0 Å². The molecule has 176 valence electrons. The van der Waals surface area contributed by atoms with Gasteiger partial charge in [-0.1, -0.05) is 59.6 Å². The number of hydrogen-bond donors (Lipinski definition) is 2. The smallest absolute Gasteiger partial charge is 0.355 e. The highest BCUT2D eigenvalue weighted by atomic mass is 35.5. The Morgan fingerprint density at radius 1 is 1.03 bits per heavy atom. The van der Waals surface area contributed by atoms with E-state index in [2.05, 4.69) is 15.8 Å². The van der Waals surface area contributed by atoms with Crippen LogP contribution in [0.2, 0.25) is 5.02 Å². The van der Waals surface area contributed by atoms with Crippen molar-refractivity contribution in [2.75, 3.05) is 6.54 Å². The minimum Gasteiger partial charge on any atom is -0.422 e. The molecule has 35 heavy (non-hydrogen) atoms. The Labute approximate surface area is 210 Å². The van der Waals surface area contributed by atoms with Crippen molar-refractivity contribution < 1.29 is 19.1 Å². The summed E-state index contributed by atoms with van der Waals surface area (Å²) in [6.45, 7) is 1.70. The van der Waals surface area contributed by atoms with Gasteiger partial charge in [0.15, 0.2) is 0 Å². The molecule has 7 nitrogen and oxygen atoms in total. The Morgan fingerprint density at radius 2 is 1.80 bits per heavy atom. The number of halogens is 1. The second-order valence-electron chi connectivity index (χ2n) is 7.55. The van der Waals surface area contributed by atoms with Crippen LogP contribution in [0.15, 0.2) is 77.9 Å². The summed E-state index contributed by atoms with van der Waals surface area (Å²) >= 11 is 7.62. The van der Waals surface area contributed by atoms with Crippen molar-refractivity contribution in [3.8, 4) is 5.75 Å². The molecule has 2 amide bonds. The summed E-state index contributed by atoms with van der Waals surface area (Å²) in [4.78, 5) is 37.0. The summed E-state index contributed by atoms with van der Waals surface area (Å²) in [6, 6.07) is 21.2. The van der Waals surface area contributed by atoms with Crippen molar-refractivity contribution in [3.05, 3.63) is 99.4 Å². The molecule has 0 radical (unpaired) electrons. The Morgan fingerprint density at radius 3 is 2.57 bits per heavy atom. The highest BCUT2D eigenvalue weighted by Crippen LogP contribution is 2.35. The van der Waals surface area contributed by atoms with Crippen LogP contribution in [0.25, 0.3) is 10.1 Å². The van der Waals surface area contributed by atoms with Crippen LogP contribution in [0.3, 0.4) is 0 Å². The maximum absolute atomic E-state index is 12.6. The van der Waals surface area contributed by atoms with Gasteiger partial charge < -0.3 is 10.1 Å². The molecule has 0 aliphatic carbocycles. The summed E-state index contributed by atoms with van der Waals surface area (Å²) in [5.41, 5.74) is 4.45. The number of fused-ring (bicyclic) bond motifs is 1. The first-order chi connectivity index (χ1) is 16.9. The van der Waals surface area contributed by atoms with Crippen LogP contribution in [-0.4, -0.2) is 30.5 Å². The van der Waals surface area contributed by atoms with Gasteiger partial charge in [0, 0.05) is 15.6 Å². The molecule has 1 heterocycles. The fourth-order valence-electron chi connectivity index (χ4n) is 3.14. The summed E-state index contributed by atoms with van der Waals surface area (Å²) in [5, 5.41) is 7.59. The van der Waals surface area contributed by atoms with Gasteiger partial charge in [-0.2, -0.15) is 5.10 Å². The summed E-state index contributed by atoms with van der Waals surface area (Å²) < 4.78 is 6.38. The largest absolute Gasteiger partial charge is 0.422 e. The average molecular weight is 506 g/mol. The highest BCUT2D eigenvalue weighted by molar-refractivity contribution is 7.21. The average Bonchev–Trinajstić information content (AvgIpc) is 3.20. The lowest BCUT2D eigenvalue weighted by Crippen LogP contribution is -2.34. The number of benzene rings is 3. The number of carbonyl (C=O) groups is 3. The van der Waals surface area contributed by atoms with Gasteiger partial charge in [0.05, 0.1) is 17.8 Å². The van der Waals surface area contributed by atoms with Crippen LogP contribution in [0.4, 0.5) is 0 Å². The number of amides is 2. The Bertz CT molecular complexity index is 1430. The lowest BCUT2D eigenvalue weighted by Gasteiger charge is -2.05. The van der Waals surface area contributed by atoms with Gasteiger partial charge in [-0.3, -0.25) is 9.59 Å². The fourth-order valence-corrected chi connectivity index (χ4v) is 4.53. The summed E-state index contributed by atoms with van der Waals surface area (Å²) in [7, 11) is 0. The maximum atomic E-state index is 12.6. The van der Waals surface area contributed by atoms with Gasteiger partial charge in [0.2, 0.25) is 0 Å². The zero-order chi connectivity index (χ0) is 24.8. The molecule has 4 aromatic rings. The minimum atomic E-state index is -0.553. The van der Waals surface area contributed by atoms with Crippen molar-refractivity contribution in [2.45, 2.75) is 6.92 Å². The van der Waals surface area contributed by atoms with E-state index in [1.807, 2.05) is 43.3 Å². The van der Waals surface area contributed by atoms with Crippen molar-refractivity contribution in [1.82, 2.24) is 10.7 Å². The van der Waals surface area contributed by atoms with E-state index in [-0.39, 0.29) is 12.5 Å². The Kier molecular flexibility index (Phi) is 7.54. The summed E-state index contributed by atoms with van der Waals surface area (Å²) in [6.07, 6.45) is 1.41. The number of esters is 1. The molecular weight excluding hydrogens is 486 g/mol. The lowest BCUT2D eigenvalue weighted by atomic mass is 10.1. The molecule has 2 N–H and O–H groups in total. The molecule has 3 aromatic carbocycles. The molecule has 0 aliphatic heterocycles. The fraction of sp³-hybridized carbons (Fsp3) is 0.0769. The van der Waals surface area contributed by atoms with E-state index in [0.29, 0.717) is 26.8 Å². The van der Waals surface area contributed by atoms with Crippen molar-refractivity contribution in [1.29, 1.82) is 0 Å². The number of hydrazone groups is 1. The van der Waals surface area contributed by atoms with E-state index in [9.17, 15) is 14.4 Å². The van der Waals surface area contributed by atoms with Gasteiger partial charge in [-0.15, -0.1) is 11.3 Å². The number of ether oxygens (including phenoxy) is 1. The molecule has 0 saturated heterocycles. The van der Waals surface area contributed by atoms with Crippen LogP contribution in [-0.2, 0) is 4.79 Å². The second-order valence-corrected chi connectivity index (χ2v) is 8.98.